The molecule has 2 aliphatic rings. The fraction of sp³-hybridized carbons (Fsp3) is 1.00. The Morgan fingerprint density at radius 2 is 2.00 bits per heavy atom. The molecule has 1 heterocycles. The molecule has 1 spiro atoms. The monoisotopic (exact) mass is 224 g/mol. The number of piperazine rings is 1. The van der Waals surface area contributed by atoms with Gasteiger partial charge in [0.05, 0.1) is 0 Å². The maximum atomic E-state index is 3.69. The highest BCUT2D eigenvalue weighted by Gasteiger charge is 2.42. The second kappa shape index (κ2) is 5.05. The summed E-state index contributed by atoms with van der Waals surface area (Å²) in [6, 6.07) is 0.679. The van der Waals surface area contributed by atoms with Crippen LogP contribution in [-0.2, 0) is 0 Å². The molecule has 1 unspecified atom stereocenters. The second-order valence-electron chi connectivity index (χ2n) is 6.34. The highest BCUT2D eigenvalue weighted by molar-refractivity contribution is 5.01. The van der Waals surface area contributed by atoms with Crippen LogP contribution >= 0.6 is 0 Å². The van der Waals surface area contributed by atoms with Gasteiger partial charge in [-0.25, -0.2) is 0 Å². The van der Waals surface area contributed by atoms with Crippen LogP contribution in [0.15, 0.2) is 0 Å². The number of hydrogen-bond acceptors (Lipinski definition) is 2. The Balaban J connectivity index is 1.98. The van der Waals surface area contributed by atoms with Gasteiger partial charge in [-0.3, -0.25) is 4.90 Å². The molecule has 1 saturated heterocycles. The lowest BCUT2D eigenvalue weighted by atomic mass is 9.90. The summed E-state index contributed by atoms with van der Waals surface area (Å²) in [5, 5.41) is 3.69. The topological polar surface area (TPSA) is 15.3 Å². The van der Waals surface area contributed by atoms with Crippen molar-refractivity contribution in [1.82, 2.24) is 10.2 Å². The van der Waals surface area contributed by atoms with Crippen molar-refractivity contribution in [3.05, 3.63) is 0 Å². The first kappa shape index (κ1) is 12.4. The van der Waals surface area contributed by atoms with Crippen LogP contribution in [-0.4, -0.2) is 36.1 Å². The van der Waals surface area contributed by atoms with E-state index in [4.69, 9.17) is 0 Å². The molecule has 94 valence electrons. The summed E-state index contributed by atoms with van der Waals surface area (Å²) < 4.78 is 0. The molecular formula is C14H28N2. The van der Waals surface area contributed by atoms with Crippen molar-refractivity contribution in [1.29, 1.82) is 0 Å². The molecule has 2 rings (SSSR count). The zero-order valence-corrected chi connectivity index (χ0v) is 11.3. The van der Waals surface area contributed by atoms with Crippen molar-refractivity contribution in [3.63, 3.8) is 0 Å². The highest BCUT2D eigenvalue weighted by Crippen LogP contribution is 2.37. The van der Waals surface area contributed by atoms with E-state index in [0.29, 0.717) is 11.6 Å². The van der Waals surface area contributed by atoms with E-state index in [1.54, 1.807) is 0 Å². The molecule has 2 fully saturated rings. The number of rotatable bonds is 3. The van der Waals surface area contributed by atoms with Gasteiger partial charge in [0.1, 0.15) is 0 Å². The van der Waals surface area contributed by atoms with E-state index in [-0.39, 0.29) is 0 Å². The maximum Gasteiger partial charge on any atom is 0.0334 e. The predicted molar refractivity (Wildman–Crippen MR) is 69.7 cm³/mol. The lowest BCUT2D eigenvalue weighted by molar-refractivity contribution is 0.0427. The average molecular weight is 224 g/mol. The van der Waals surface area contributed by atoms with E-state index in [1.165, 1.54) is 51.7 Å². The summed E-state index contributed by atoms with van der Waals surface area (Å²) in [6.07, 6.45) is 7.08. The van der Waals surface area contributed by atoms with Crippen LogP contribution in [0.5, 0.6) is 0 Å². The molecule has 1 N–H and O–H groups in total. The van der Waals surface area contributed by atoms with E-state index in [2.05, 4.69) is 31.0 Å². The van der Waals surface area contributed by atoms with Gasteiger partial charge in [-0.2, -0.15) is 0 Å². The van der Waals surface area contributed by atoms with Crippen LogP contribution in [0.1, 0.15) is 52.9 Å². The van der Waals surface area contributed by atoms with Gasteiger partial charge >= 0.3 is 0 Å². The van der Waals surface area contributed by atoms with Crippen LogP contribution in [0.2, 0.25) is 0 Å². The Hall–Kier alpha value is -0.0800. The van der Waals surface area contributed by atoms with Gasteiger partial charge in [-0.1, -0.05) is 26.7 Å². The molecule has 1 atom stereocenters. The van der Waals surface area contributed by atoms with Crippen molar-refractivity contribution < 1.29 is 0 Å². The zero-order chi connectivity index (χ0) is 11.6. The van der Waals surface area contributed by atoms with Crippen LogP contribution in [0, 0.1) is 5.92 Å². The molecule has 1 aliphatic heterocycles. The van der Waals surface area contributed by atoms with Crippen molar-refractivity contribution in [3.8, 4) is 0 Å². The third-order valence-corrected chi connectivity index (χ3v) is 4.46. The van der Waals surface area contributed by atoms with Gasteiger partial charge in [-0.05, 0) is 38.6 Å². The standard InChI is InChI=1S/C14H28N2/c1-12(2)6-9-16-10-13(3)15-11-14(16)7-4-5-8-14/h12-13,15H,4-11H2,1-3H3. The lowest BCUT2D eigenvalue weighted by Gasteiger charge is -2.48. The minimum atomic E-state index is 0.529. The van der Waals surface area contributed by atoms with E-state index >= 15 is 0 Å². The van der Waals surface area contributed by atoms with Crippen LogP contribution in [0.4, 0.5) is 0 Å². The normalized spacial score (nSPS) is 30.4. The lowest BCUT2D eigenvalue weighted by Crippen LogP contribution is -2.63. The Labute approximate surface area is 101 Å². The summed E-state index contributed by atoms with van der Waals surface area (Å²) in [5.74, 6) is 0.837. The van der Waals surface area contributed by atoms with Crippen LogP contribution in [0.3, 0.4) is 0 Å². The Bertz CT molecular complexity index is 219. The predicted octanol–water partition coefficient (Wildman–Crippen LogP) is 2.64. The zero-order valence-electron chi connectivity index (χ0n) is 11.3. The van der Waals surface area contributed by atoms with Crippen molar-refractivity contribution in [2.75, 3.05) is 19.6 Å². The van der Waals surface area contributed by atoms with E-state index in [9.17, 15) is 0 Å². The summed E-state index contributed by atoms with van der Waals surface area (Å²) >= 11 is 0. The highest BCUT2D eigenvalue weighted by atomic mass is 15.3. The SMILES string of the molecule is CC(C)CCN1CC(C)NCC12CCCC2. The molecule has 0 aromatic carbocycles. The van der Waals surface area contributed by atoms with E-state index in [1.807, 2.05) is 0 Å². The van der Waals surface area contributed by atoms with Crippen molar-refractivity contribution >= 4 is 0 Å². The maximum absolute atomic E-state index is 3.69. The number of nitrogens with zero attached hydrogens (tertiary/aromatic N) is 1. The first-order valence-electron chi connectivity index (χ1n) is 7.11. The molecule has 0 aromatic heterocycles. The average Bonchev–Trinajstić information content (AvgIpc) is 2.69. The third kappa shape index (κ3) is 2.60. The molecule has 2 heteroatoms. The molecule has 16 heavy (non-hydrogen) atoms. The molecule has 1 aliphatic carbocycles. The molecule has 0 amide bonds. The van der Waals surface area contributed by atoms with Gasteiger partial charge in [0.15, 0.2) is 0 Å². The van der Waals surface area contributed by atoms with Crippen molar-refractivity contribution in [2.24, 2.45) is 5.92 Å². The number of nitrogens with one attached hydrogen (secondary N) is 1. The van der Waals surface area contributed by atoms with E-state index in [0.717, 1.165) is 5.92 Å². The largest absolute Gasteiger partial charge is 0.311 e. The van der Waals surface area contributed by atoms with Crippen molar-refractivity contribution in [2.45, 2.75) is 64.5 Å². The third-order valence-electron chi connectivity index (χ3n) is 4.46. The van der Waals surface area contributed by atoms with Gasteiger partial charge in [0.25, 0.3) is 0 Å². The minimum absolute atomic E-state index is 0.529. The Morgan fingerprint density at radius 3 is 2.62 bits per heavy atom. The van der Waals surface area contributed by atoms with Gasteiger partial charge in [-0.15, -0.1) is 0 Å². The Kier molecular flexibility index (Phi) is 3.91. The molecule has 1 saturated carbocycles. The molecular weight excluding hydrogens is 196 g/mol. The fourth-order valence-corrected chi connectivity index (χ4v) is 3.33. The van der Waals surface area contributed by atoms with Gasteiger partial charge in [0.2, 0.25) is 0 Å². The molecule has 2 nitrogen and oxygen atoms in total. The fourth-order valence-electron chi connectivity index (χ4n) is 3.33. The van der Waals surface area contributed by atoms with Crippen LogP contribution in [0.25, 0.3) is 0 Å². The smallest absolute Gasteiger partial charge is 0.0334 e. The van der Waals surface area contributed by atoms with Gasteiger partial charge < -0.3 is 5.32 Å². The number of hydrogen-bond donors (Lipinski definition) is 1. The quantitative estimate of drug-likeness (QED) is 0.793. The first-order chi connectivity index (χ1) is 7.62. The van der Waals surface area contributed by atoms with Crippen LogP contribution < -0.4 is 5.32 Å². The summed E-state index contributed by atoms with van der Waals surface area (Å²) in [7, 11) is 0. The second-order valence-corrected chi connectivity index (χ2v) is 6.34. The minimum Gasteiger partial charge on any atom is -0.311 e. The summed E-state index contributed by atoms with van der Waals surface area (Å²) in [4.78, 5) is 2.81. The molecule has 0 bridgehead atoms. The van der Waals surface area contributed by atoms with Gasteiger partial charge in [0, 0.05) is 24.7 Å². The summed E-state index contributed by atoms with van der Waals surface area (Å²) in [6.45, 7) is 10.8. The summed E-state index contributed by atoms with van der Waals surface area (Å²) in [5.41, 5.74) is 0.529. The molecule has 0 radical (unpaired) electrons. The van der Waals surface area contributed by atoms with E-state index < -0.39 is 0 Å². The molecule has 0 aromatic rings. The Morgan fingerprint density at radius 1 is 1.31 bits per heavy atom. The first-order valence-corrected chi connectivity index (χ1v) is 7.11.